The van der Waals surface area contributed by atoms with Crippen molar-refractivity contribution >= 4 is 15.9 Å². The minimum absolute atomic E-state index is 0.0178. The van der Waals surface area contributed by atoms with Gasteiger partial charge in [0, 0.05) is 58.4 Å². The fourth-order valence-electron chi connectivity index (χ4n) is 6.10. The summed E-state index contributed by atoms with van der Waals surface area (Å²) in [5.74, 6) is 0.643. The summed E-state index contributed by atoms with van der Waals surface area (Å²) in [4.78, 5) is 20.1. The first kappa shape index (κ1) is 28.3. The molecule has 1 aliphatic carbocycles. The molecule has 2 heterocycles. The van der Waals surface area contributed by atoms with Gasteiger partial charge in [-0.1, -0.05) is 6.92 Å². The standard InChI is InChI=1S/C27H44N4O5S/c1-5-29-12-14-30(15-13-29)24-8-6-23(7-9-24)28(3)26(32)20-36-17-16-31-11-10-22-19-25(35-4)18-21(2)27(22)37(31,33)34/h18-19,23-24H,5-17,20H2,1-4H3. The Bertz CT molecular complexity index is 1030. The normalized spacial score (nSPS) is 25.0. The third kappa shape index (κ3) is 6.47. The second kappa shape index (κ2) is 12.4. The van der Waals surface area contributed by atoms with Crippen LogP contribution in [0.25, 0.3) is 0 Å². The molecular formula is C27H44N4O5S. The van der Waals surface area contributed by atoms with E-state index in [1.807, 2.05) is 18.0 Å². The van der Waals surface area contributed by atoms with Crippen LogP contribution in [0.1, 0.15) is 43.7 Å². The van der Waals surface area contributed by atoms with Crippen molar-refractivity contribution in [1.29, 1.82) is 0 Å². The molecule has 0 atom stereocenters. The van der Waals surface area contributed by atoms with Gasteiger partial charge in [-0.15, -0.1) is 0 Å². The molecule has 0 spiro atoms. The number of likely N-dealkylation sites (N-methyl/N-ethyl adjacent to an activating group) is 2. The molecule has 4 rings (SSSR count). The zero-order valence-electron chi connectivity index (χ0n) is 22.9. The van der Waals surface area contributed by atoms with Crippen molar-refractivity contribution in [2.75, 3.05) is 73.2 Å². The Hall–Kier alpha value is -1.72. The lowest BCUT2D eigenvalue weighted by Crippen LogP contribution is -2.52. The average Bonchev–Trinajstić information content (AvgIpc) is 2.91. The molecule has 10 heteroatoms. The van der Waals surface area contributed by atoms with Gasteiger partial charge in [0.2, 0.25) is 15.9 Å². The lowest BCUT2D eigenvalue weighted by molar-refractivity contribution is -0.137. The number of amides is 1. The largest absolute Gasteiger partial charge is 0.497 e. The lowest BCUT2D eigenvalue weighted by atomic mass is 9.89. The van der Waals surface area contributed by atoms with Crippen LogP contribution in [0.3, 0.4) is 0 Å². The maximum Gasteiger partial charge on any atom is 0.248 e. The first-order chi connectivity index (χ1) is 17.7. The molecule has 0 aromatic heterocycles. The van der Waals surface area contributed by atoms with E-state index in [4.69, 9.17) is 9.47 Å². The molecule has 1 aromatic carbocycles. The summed E-state index contributed by atoms with van der Waals surface area (Å²) in [7, 11) is -0.137. The van der Waals surface area contributed by atoms with E-state index in [2.05, 4.69) is 16.7 Å². The van der Waals surface area contributed by atoms with Crippen LogP contribution in [-0.4, -0.2) is 119 Å². The molecule has 0 N–H and O–H groups in total. The van der Waals surface area contributed by atoms with Gasteiger partial charge in [0.1, 0.15) is 12.4 Å². The second-order valence-corrected chi connectivity index (χ2v) is 12.5. The van der Waals surface area contributed by atoms with Crippen molar-refractivity contribution in [1.82, 2.24) is 19.0 Å². The third-order valence-corrected chi connectivity index (χ3v) is 10.6. The Morgan fingerprint density at radius 2 is 1.78 bits per heavy atom. The van der Waals surface area contributed by atoms with E-state index in [0.717, 1.165) is 64.0 Å². The van der Waals surface area contributed by atoms with Crippen LogP contribution in [-0.2, 0) is 26.0 Å². The molecule has 1 saturated carbocycles. The molecule has 0 radical (unpaired) electrons. The minimum atomic E-state index is -3.60. The fourth-order valence-corrected chi connectivity index (χ4v) is 7.96. The molecule has 2 aliphatic heterocycles. The van der Waals surface area contributed by atoms with Crippen LogP contribution in [0, 0.1) is 6.92 Å². The van der Waals surface area contributed by atoms with Gasteiger partial charge in [0.25, 0.3) is 0 Å². The molecule has 0 unspecified atom stereocenters. The van der Waals surface area contributed by atoms with E-state index in [1.54, 1.807) is 20.1 Å². The molecule has 1 amide bonds. The average molecular weight is 537 g/mol. The highest BCUT2D eigenvalue weighted by atomic mass is 32.2. The summed E-state index contributed by atoms with van der Waals surface area (Å²) >= 11 is 0. The fraction of sp³-hybridized carbons (Fsp3) is 0.741. The van der Waals surface area contributed by atoms with E-state index in [9.17, 15) is 13.2 Å². The molecule has 3 aliphatic rings. The van der Waals surface area contributed by atoms with Gasteiger partial charge in [0.15, 0.2) is 0 Å². The van der Waals surface area contributed by atoms with Gasteiger partial charge in [-0.2, -0.15) is 4.31 Å². The van der Waals surface area contributed by atoms with Crippen molar-refractivity contribution in [3.8, 4) is 5.75 Å². The van der Waals surface area contributed by atoms with Crippen LogP contribution in [0.5, 0.6) is 5.75 Å². The second-order valence-electron chi connectivity index (χ2n) is 10.6. The maximum absolute atomic E-state index is 13.2. The van der Waals surface area contributed by atoms with Gasteiger partial charge in [-0.25, -0.2) is 8.42 Å². The first-order valence-corrected chi connectivity index (χ1v) is 15.2. The van der Waals surface area contributed by atoms with E-state index in [1.165, 1.54) is 4.31 Å². The van der Waals surface area contributed by atoms with E-state index in [-0.39, 0.29) is 31.7 Å². The number of fused-ring (bicyclic) bond motifs is 1. The summed E-state index contributed by atoms with van der Waals surface area (Å²) in [6.07, 6.45) is 4.95. The number of aryl methyl sites for hydroxylation is 1. The molecule has 1 aromatic rings. The number of ether oxygens (including phenoxy) is 2. The summed E-state index contributed by atoms with van der Waals surface area (Å²) in [5.41, 5.74) is 1.48. The number of carbonyl (C=O) groups is 1. The number of methoxy groups -OCH3 is 1. The van der Waals surface area contributed by atoms with E-state index >= 15 is 0 Å². The van der Waals surface area contributed by atoms with Crippen LogP contribution in [0.2, 0.25) is 0 Å². The van der Waals surface area contributed by atoms with E-state index in [0.29, 0.717) is 35.2 Å². The monoisotopic (exact) mass is 536 g/mol. The lowest BCUT2D eigenvalue weighted by Gasteiger charge is -2.43. The predicted molar refractivity (Wildman–Crippen MR) is 144 cm³/mol. The number of benzene rings is 1. The highest BCUT2D eigenvalue weighted by molar-refractivity contribution is 7.89. The van der Waals surface area contributed by atoms with Gasteiger partial charge in [-0.05, 0) is 68.8 Å². The third-order valence-electron chi connectivity index (χ3n) is 8.48. The zero-order valence-corrected chi connectivity index (χ0v) is 23.8. The van der Waals surface area contributed by atoms with Gasteiger partial charge in [-0.3, -0.25) is 9.69 Å². The minimum Gasteiger partial charge on any atom is -0.497 e. The van der Waals surface area contributed by atoms with Crippen molar-refractivity contribution in [2.24, 2.45) is 0 Å². The Morgan fingerprint density at radius 1 is 1.08 bits per heavy atom. The number of carbonyl (C=O) groups excluding carboxylic acids is 1. The van der Waals surface area contributed by atoms with Crippen LogP contribution < -0.4 is 4.74 Å². The Balaban J connectivity index is 1.19. The van der Waals surface area contributed by atoms with Gasteiger partial charge in [0.05, 0.1) is 18.6 Å². The van der Waals surface area contributed by atoms with Crippen molar-refractivity contribution in [3.63, 3.8) is 0 Å². The van der Waals surface area contributed by atoms with Crippen LogP contribution >= 0.6 is 0 Å². The van der Waals surface area contributed by atoms with Gasteiger partial charge >= 0.3 is 0 Å². The molecular weight excluding hydrogens is 492 g/mol. The molecule has 0 bridgehead atoms. The first-order valence-electron chi connectivity index (χ1n) is 13.7. The molecule has 208 valence electrons. The Morgan fingerprint density at radius 3 is 2.43 bits per heavy atom. The Kier molecular flexibility index (Phi) is 9.50. The number of rotatable bonds is 9. The Labute approximate surface area is 222 Å². The summed E-state index contributed by atoms with van der Waals surface area (Å²) < 4.78 is 38.8. The number of piperazine rings is 1. The zero-order chi connectivity index (χ0) is 26.6. The van der Waals surface area contributed by atoms with Crippen molar-refractivity contribution < 1.29 is 22.7 Å². The summed E-state index contributed by atoms with van der Waals surface area (Å²) in [6.45, 7) is 10.6. The van der Waals surface area contributed by atoms with Crippen molar-refractivity contribution in [2.45, 2.75) is 62.9 Å². The predicted octanol–water partition coefficient (Wildman–Crippen LogP) is 1.97. The quantitative estimate of drug-likeness (QED) is 0.447. The molecule has 1 saturated heterocycles. The molecule has 37 heavy (non-hydrogen) atoms. The highest BCUT2D eigenvalue weighted by Gasteiger charge is 2.34. The van der Waals surface area contributed by atoms with Crippen LogP contribution in [0.15, 0.2) is 17.0 Å². The van der Waals surface area contributed by atoms with Gasteiger partial charge < -0.3 is 19.3 Å². The summed E-state index contributed by atoms with van der Waals surface area (Å²) in [6, 6.07) is 4.45. The smallest absolute Gasteiger partial charge is 0.248 e. The van der Waals surface area contributed by atoms with Crippen molar-refractivity contribution in [3.05, 3.63) is 23.3 Å². The number of hydrogen-bond acceptors (Lipinski definition) is 7. The van der Waals surface area contributed by atoms with Crippen LogP contribution in [0.4, 0.5) is 0 Å². The topological polar surface area (TPSA) is 82.6 Å². The highest BCUT2D eigenvalue weighted by Crippen LogP contribution is 2.32. The summed E-state index contributed by atoms with van der Waals surface area (Å²) in [5, 5.41) is 0. The SMILES string of the molecule is CCN1CCN(C2CCC(N(C)C(=O)COCCN3CCc4cc(OC)cc(C)c4S3(=O)=O)CC2)CC1. The molecule has 9 nitrogen and oxygen atoms in total. The van der Waals surface area contributed by atoms with E-state index < -0.39 is 10.0 Å². The number of sulfonamides is 1. The maximum atomic E-state index is 13.2. The number of hydrogen-bond donors (Lipinski definition) is 0. The molecule has 2 fully saturated rings. The number of nitrogens with zero attached hydrogens (tertiary/aromatic N) is 4.